The third-order valence-corrected chi connectivity index (χ3v) is 6.35. The maximum absolute atomic E-state index is 12.8. The lowest BCUT2D eigenvalue weighted by Crippen LogP contribution is -2.38. The van der Waals surface area contributed by atoms with Crippen LogP contribution in [0.5, 0.6) is 11.5 Å². The lowest BCUT2D eigenvalue weighted by molar-refractivity contribution is 0.174. The van der Waals surface area contributed by atoms with Crippen LogP contribution in [0.1, 0.15) is 18.9 Å². The molecule has 0 unspecified atom stereocenters. The first-order valence-corrected chi connectivity index (χ1v) is 9.11. The second kappa shape index (κ2) is 5.58. The van der Waals surface area contributed by atoms with Crippen molar-refractivity contribution in [2.24, 2.45) is 0 Å². The van der Waals surface area contributed by atoms with Crippen molar-refractivity contribution >= 4 is 10.0 Å². The molecule has 1 saturated heterocycles. The number of piperidine rings is 1. The van der Waals surface area contributed by atoms with Crippen molar-refractivity contribution in [3.8, 4) is 11.5 Å². The van der Waals surface area contributed by atoms with E-state index in [1.54, 1.807) is 22.5 Å². The minimum absolute atomic E-state index is 0.140. The average molecular weight is 334 g/mol. The largest absolute Gasteiger partial charge is 0.454 e. The zero-order valence-electron chi connectivity index (χ0n) is 12.6. The molecule has 0 saturated carbocycles. The molecule has 0 bridgehead atoms. The molecular weight excluding hydrogens is 316 g/mol. The summed E-state index contributed by atoms with van der Waals surface area (Å²) in [6.07, 6.45) is 5.70. The fourth-order valence-electron chi connectivity index (χ4n) is 3.16. The smallest absolute Gasteiger partial charge is 0.243 e. The van der Waals surface area contributed by atoms with Gasteiger partial charge in [0, 0.05) is 37.6 Å². The molecule has 2 aliphatic rings. The Hall–Kier alpha value is -1.99. The van der Waals surface area contributed by atoms with Crippen molar-refractivity contribution in [1.82, 2.24) is 8.87 Å². The summed E-state index contributed by atoms with van der Waals surface area (Å²) in [6, 6.07) is 9.15. The maximum Gasteiger partial charge on any atom is 0.243 e. The van der Waals surface area contributed by atoms with Gasteiger partial charge in [0.15, 0.2) is 11.5 Å². The fraction of sp³-hybridized carbons (Fsp3) is 0.375. The van der Waals surface area contributed by atoms with E-state index >= 15 is 0 Å². The van der Waals surface area contributed by atoms with Gasteiger partial charge in [-0.15, -0.1) is 0 Å². The first kappa shape index (κ1) is 14.6. The van der Waals surface area contributed by atoms with E-state index in [1.807, 2.05) is 24.5 Å². The Labute approximate surface area is 135 Å². The predicted molar refractivity (Wildman–Crippen MR) is 84.0 cm³/mol. The second-order valence-electron chi connectivity index (χ2n) is 5.78. The van der Waals surface area contributed by atoms with Crippen LogP contribution in [0, 0.1) is 0 Å². The summed E-state index contributed by atoms with van der Waals surface area (Å²) in [5, 5.41) is 0. The summed E-state index contributed by atoms with van der Waals surface area (Å²) in [7, 11) is -3.49. The Bertz CT molecular complexity index is 793. The molecule has 4 rings (SSSR count). The van der Waals surface area contributed by atoms with E-state index in [-0.39, 0.29) is 11.7 Å². The Kier molecular flexibility index (Phi) is 3.54. The van der Waals surface area contributed by atoms with Crippen LogP contribution < -0.4 is 9.47 Å². The van der Waals surface area contributed by atoms with Crippen LogP contribution >= 0.6 is 0 Å². The fourth-order valence-corrected chi connectivity index (χ4v) is 4.64. The van der Waals surface area contributed by atoms with Crippen molar-refractivity contribution in [2.45, 2.75) is 23.8 Å². The highest BCUT2D eigenvalue weighted by Crippen LogP contribution is 2.35. The van der Waals surface area contributed by atoms with Gasteiger partial charge in [0.2, 0.25) is 16.8 Å². The van der Waals surface area contributed by atoms with Crippen molar-refractivity contribution < 1.29 is 17.9 Å². The van der Waals surface area contributed by atoms with Crippen LogP contribution in [0.2, 0.25) is 0 Å². The Morgan fingerprint density at radius 2 is 1.70 bits per heavy atom. The van der Waals surface area contributed by atoms with Gasteiger partial charge in [-0.1, -0.05) is 0 Å². The van der Waals surface area contributed by atoms with Crippen LogP contribution in [0.3, 0.4) is 0 Å². The molecular formula is C16H18N2O4S. The molecule has 2 aromatic rings. The highest BCUT2D eigenvalue weighted by molar-refractivity contribution is 7.89. The van der Waals surface area contributed by atoms with Gasteiger partial charge in [0.1, 0.15) is 0 Å². The zero-order valence-corrected chi connectivity index (χ0v) is 13.4. The molecule has 3 heterocycles. The summed E-state index contributed by atoms with van der Waals surface area (Å²) in [5.74, 6) is 1.09. The molecule has 0 radical (unpaired) electrons. The lowest BCUT2D eigenvalue weighted by Gasteiger charge is -2.32. The van der Waals surface area contributed by atoms with Gasteiger partial charge in [-0.05, 0) is 37.1 Å². The van der Waals surface area contributed by atoms with Gasteiger partial charge in [-0.2, -0.15) is 4.31 Å². The molecule has 2 aliphatic heterocycles. The SMILES string of the molecule is O=S(=O)(c1ccc2c(c1)OCO2)N1CCC(n2cccc2)CC1. The number of sulfonamides is 1. The van der Waals surface area contributed by atoms with E-state index in [0.717, 1.165) is 12.8 Å². The van der Waals surface area contributed by atoms with Crippen molar-refractivity contribution in [2.75, 3.05) is 19.9 Å². The van der Waals surface area contributed by atoms with Crippen molar-refractivity contribution in [3.05, 3.63) is 42.7 Å². The first-order chi connectivity index (χ1) is 11.1. The highest BCUT2D eigenvalue weighted by Gasteiger charge is 2.31. The molecule has 23 heavy (non-hydrogen) atoms. The van der Waals surface area contributed by atoms with E-state index in [9.17, 15) is 8.42 Å². The molecule has 0 atom stereocenters. The number of hydrogen-bond acceptors (Lipinski definition) is 4. The van der Waals surface area contributed by atoms with E-state index in [4.69, 9.17) is 9.47 Å². The maximum atomic E-state index is 12.8. The molecule has 1 fully saturated rings. The number of benzene rings is 1. The van der Waals surface area contributed by atoms with Crippen LogP contribution in [-0.4, -0.2) is 37.2 Å². The summed E-state index contributed by atoms with van der Waals surface area (Å²) in [5.41, 5.74) is 0. The Morgan fingerprint density at radius 1 is 1.00 bits per heavy atom. The quantitative estimate of drug-likeness (QED) is 0.864. The zero-order chi connectivity index (χ0) is 15.9. The summed E-state index contributed by atoms with van der Waals surface area (Å²) in [4.78, 5) is 0.265. The minimum Gasteiger partial charge on any atom is -0.454 e. The van der Waals surface area contributed by atoms with Gasteiger partial charge in [0.25, 0.3) is 0 Å². The number of rotatable bonds is 3. The van der Waals surface area contributed by atoms with Gasteiger partial charge in [-0.3, -0.25) is 0 Å². The molecule has 0 spiro atoms. The number of hydrogen-bond donors (Lipinski definition) is 0. The van der Waals surface area contributed by atoms with E-state index in [0.29, 0.717) is 30.6 Å². The first-order valence-electron chi connectivity index (χ1n) is 7.67. The van der Waals surface area contributed by atoms with E-state index in [2.05, 4.69) is 4.57 Å². The van der Waals surface area contributed by atoms with Crippen LogP contribution in [0.15, 0.2) is 47.6 Å². The number of ether oxygens (including phenoxy) is 2. The molecule has 0 amide bonds. The molecule has 0 aliphatic carbocycles. The van der Waals surface area contributed by atoms with Gasteiger partial charge in [-0.25, -0.2) is 8.42 Å². The summed E-state index contributed by atoms with van der Waals surface area (Å²) in [6.45, 7) is 1.19. The van der Waals surface area contributed by atoms with Crippen molar-refractivity contribution in [1.29, 1.82) is 0 Å². The predicted octanol–water partition coefficient (Wildman–Crippen LogP) is 2.24. The molecule has 6 nitrogen and oxygen atoms in total. The molecule has 0 N–H and O–H groups in total. The van der Waals surface area contributed by atoms with Crippen LogP contribution in [0.4, 0.5) is 0 Å². The average Bonchev–Trinajstić information content (AvgIpc) is 3.25. The third-order valence-electron chi connectivity index (χ3n) is 4.45. The Morgan fingerprint density at radius 3 is 2.43 bits per heavy atom. The van der Waals surface area contributed by atoms with Crippen molar-refractivity contribution in [3.63, 3.8) is 0 Å². The lowest BCUT2D eigenvalue weighted by atomic mass is 10.1. The van der Waals surface area contributed by atoms with E-state index in [1.165, 1.54) is 0 Å². The van der Waals surface area contributed by atoms with Crippen LogP contribution in [-0.2, 0) is 10.0 Å². The number of aromatic nitrogens is 1. The Balaban J connectivity index is 1.51. The summed E-state index contributed by atoms with van der Waals surface area (Å²) < 4.78 is 39.8. The normalized spacial score (nSPS) is 19.1. The highest BCUT2D eigenvalue weighted by atomic mass is 32.2. The van der Waals surface area contributed by atoms with Gasteiger partial charge < -0.3 is 14.0 Å². The van der Waals surface area contributed by atoms with E-state index < -0.39 is 10.0 Å². The molecule has 1 aromatic carbocycles. The van der Waals surface area contributed by atoms with Gasteiger partial charge in [0.05, 0.1) is 4.90 Å². The number of nitrogens with zero attached hydrogens (tertiary/aromatic N) is 2. The standard InChI is InChI=1S/C16H18N2O4S/c19-23(20,14-3-4-15-16(11-14)22-12-21-15)18-9-5-13(6-10-18)17-7-1-2-8-17/h1-4,7-8,11,13H,5-6,9-10,12H2. The summed E-state index contributed by atoms with van der Waals surface area (Å²) >= 11 is 0. The molecule has 7 heteroatoms. The topological polar surface area (TPSA) is 60.8 Å². The second-order valence-corrected chi connectivity index (χ2v) is 7.72. The monoisotopic (exact) mass is 334 g/mol. The number of fused-ring (bicyclic) bond motifs is 1. The van der Waals surface area contributed by atoms with Gasteiger partial charge >= 0.3 is 0 Å². The molecule has 122 valence electrons. The van der Waals surface area contributed by atoms with Crippen LogP contribution in [0.25, 0.3) is 0 Å². The molecule has 1 aromatic heterocycles. The minimum atomic E-state index is -3.49. The third kappa shape index (κ3) is 2.60.